The quantitative estimate of drug-likeness (QED) is 0.458. The topological polar surface area (TPSA) is 86.3 Å². The molecule has 0 unspecified atom stereocenters. The predicted molar refractivity (Wildman–Crippen MR) is 134 cm³/mol. The molecule has 6 rings (SSSR count). The Bertz CT molecular complexity index is 1400. The molecule has 0 saturated carbocycles. The minimum atomic E-state index is -0.207. The largest absolute Gasteiger partial charge is 0.346 e. The van der Waals surface area contributed by atoms with Crippen molar-refractivity contribution in [3.63, 3.8) is 0 Å². The summed E-state index contributed by atoms with van der Waals surface area (Å²) in [4.78, 5) is 32.3. The maximum Gasteiger partial charge on any atom is 0.274 e. The van der Waals surface area contributed by atoms with Crippen molar-refractivity contribution < 1.29 is 4.79 Å². The molecule has 1 aromatic carbocycles. The van der Waals surface area contributed by atoms with E-state index in [9.17, 15) is 4.79 Å². The first kappa shape index (κ1) is 20.7. The average Bonchev–Trinajstić information content (AvgIpc) is 3.54. The van der Waals surface area contributed by atoms with Gasteiger partial charge in [0.25, 0.3) is 5.91 Å². The normalized spacial score (nSPS) is 15.5. The lowest BCUT2D eigenvalue weighted by Crippen LogP contribution is -2.29. The number of rotatable bonds is 5. The zero-order valence-electron chi connectivity index (χ0n) is 18.9. The number of piperidine rings is 1. The van der Waals surface area contributed by atoms with Gasteiger partial charge in [-0.15, -0.1) is 0 Å². The first-order valence-electron chi connectivity index (χ1n) is 11.8. The maximum atomic E-state index is 13.2. The Morgan fingerprint density at radius 3 is 2.91 bits per heavy atom. The third-order valence-corrected chi connectivity index (χ3v) is 6.64. The smallest absolute Gasteiger partial charge is 0.274 e. The van der Waals surface area contributed by atoms with Crippen LogP contribution in [0, 0.1) is 0 Å². The zero-order chi connectivity index (χ0) is 22.9. The number of nitrogens with one attached hydrogen (secondary N) is 2. The number of benzene rings is 1. The highest BCUT2D eigenvalue weighted by Crippen LogP contribution is 2.34. The van der Waals surface area contributed by atoms with Gasteiger partial charge in [0.15, 0.2) is 0 Å². The second kappa shape index (κ2) is 8.83. The summed E-state index contributed by atoms with van der Waals surface area (Å²) in [7, 11) is 0. The van der Waals surface area contributed by atoms with Gasteiger partial charge in [0.2, 0.25) is 0 Å². The van der Waals surface area contributed by atoms with Gasteiger partial charge in [-0.25, -0.2) is 9.97 Å². The van der Waals surface area contributed by atoms with Crippen LogP contribution in [0.1, 0.15) is 46.6 Å². The van der Waals surface area contributed by atoms with Crippen molar-refractivity contribution in [2.75, 3.05) is 18.4 Å². The Labute approximate surface area is 198 Å². The molecule has 0 bridgehead atoms. The Kier molecular flexibility index (Phi) is 5.39. The maximum absolute atomic E-state index is 13.2. The van der Waals surface area contributed by atoms with Crippen LogP contribution in [-0.2, 0) is 13.1 Å². The molecule has 170 valence electrons. The van der Waals surface area contributed by atoms with E-state index in [4.69, 9.17) is 0 Å². The third kappa shape index (κ3) is 3.99. The van der Waals surface area contributed by atoms with Gasteiger partial charge in [-0.05, 0) is 79.0 Å². The van der Waals surface area contributed by atoms with E-state index in [1.54, 1.807) is 12.3 Å². The van der Waals surface area contributed by atoms with Crippen LogP contribution in [0.5, 0.6) is 0 Å². The van der Waals surface area contributed by atoms with Gasteiger partial charge in [0.1, 0.15) is 11.3 Å². The molecule has 1 fully saturated rings. The van der Waals surface area contributed by atoms with E-state index in [0.29, 0.717) is 12.2 Å². The van der Waals surface area contributed by atoms with Crippen LogP contribution in [-0.4, -0.2) is 45.1 Å². The number of carbonyl (C=O) groups excluding carboxylic acids is 1. The van der Waals surface area contributed by atoms with Gasteiger partial charge in [0, 0.05) is 36.1 Å². The lowest BCUT2D eigenvalue weighted by Gasteiger charge is -2.26. The minimum absolute atomic E-state index is 0.207. The van der Waals surface area contributed by atoms with E-state index in [1.165, 1.54) is 19.3 Å². The van der Waals surface area contributed by atoms with Crippen LogP contribution in [0.2, 0.25) is 0 Å². The summed E-state index contributed by atoms with van der Waals surface area (Å²) >= 11 is 0. The number of fused-ring (bicyclic) bond motifs is 2. The molecule has 7 nitrogen and oxygen atoms in total. The highest BCUT2D eigenvalue weighted by Gasteiger charge is 2.19. The monoisotopic (exact) mass is 450 g/mol. The van der Waals surface area contributed by atoms with Crippen molar-refractivity contribution in [3.8, 4) is 11.1 Å². The average molecular weight is 451 g/mol. The van der Waals surface area contributed by atoms with Gasteiger partial charge < -0.3 is 10.3 Å². The summed E-state index contributed by atoms with van der Waals surface area (Å²) in [6.07, 6.45) is 9.30. The summed E-state index contributed by atoms with van der Waals surface area (Å²) in [5, 5.41) is 4.16. The lowest BCUT2D eigenvalue weighted by atomic mass is 9.97. The second-order valence-electron chi connectivity index (χ2n) is 8.97. The van der Waals surface area contributed by atoms with Crippen LogP contribution < -0.4 is 5.32 Å². The van der Waals surface area contributed by atoms with E-state index >= 15 is 0 Å². The number of hydrogen-bond acceptors (Lipinski definition) is 5. The van der Waals surface area contributed by atoms with E-state index in [-0.39, 0.29) is 5.91 Å². The fourth-order valence-corrected chi connectivity index (χ4v) is 4.93. The molecule has 3 aromatic heterocycles. The van der Waals surface area contributed by atoms with E-state index in [1.807, 2.05) is 42.7 Å². The molecule has 5 heterocycles. The molecule has 34 heavy (non-hydrogen) atoms. The van der Waals surface area contributed by atoms with E-state index in [0.717, 1.165) is 64.3 Å². The molecule has 0 radical (unpaired) electrons. The number of likely N-dealkylation sites (tertiary alicyclic amines) is 1. The number of carbonyl (C=O) groups is 1. The molecule has 2 aliphatic heterocycles. The molecular weight excluding hydrogens is 424 g/mol. The van der Waals surface area contributed by atoms with Crippen molar-refractivity contribution in [1.82, 2.24) is 19.9 Å². The molecule has 0 spiro atoms. The second-order valence-corrected chi connectivity index (χ2v) is 8.97. The molecule has 7 heteroatoms. The van der Waals surface area contributed by atoms with E-state index < -0.39 is 0 Å². The highest BCUT2D eigenvalue weighted by atomic mass is 16.1. The molecule has 2 N–H and O–H groups in total. The molecule has 0 aliphatic carbocycles. The summed E-state index contributed by atoms with van der Waals surface area (Å²) in [6, 6.07) is 13.9. The molecule has 1 amide bonds. The van der Waals surface area contributed by atoms with Crippen LogP contribution >= 0.6 is 0 Å². The van der Waals surface area contributed by atoms with Crippen molar-refractivity contribution in [2.45, 2.75) is 32.4 Å². The highest BCUT2D eigenvalue weighted by molar-refractivity contribution is 6.07. The van der Waals surface area contributed by atoms with Crippen molar-refractivity contribution in [1.29, 1.82) is 0 Å². The number of aromatic amines is 1. The Morgan fingerprint density at radius 1 is 1.09 bits per heavy atom. The van der Waals surface area contributed by atoms with Crippen molar-refractivity contribution in [3.05, 3.63) is 77.4 Å². The molecule has 4 aromatic rings. The number of anilines is 1. The fraction of sp³-hybridized carbons (Fsp3) is 0.259. The summed E-state index contributed by atoms with van der Waals surface area (Å²) in [6.45, 7) is 3.59. The van der Waals surface area contributed by atoms with Gasteiger partial charge >= 0.3 is 0 Å². The van der Waals surface area contributed by atoms with Gasteiger partial charge in [-0.1, -0.05) is 12.5 Å². The number of H-pyrrole nitrogens is 1. The molecule has 0 atom stereocenters. The Hall–Kier alpha value is -3.84. The molecular formula is C27H26N6O. The van der Waals surface area contributed by atoms with Gasteiger partial charge in [-0.2, -0.15) is 0 Å². The van der Waals surface area contributed by atoms with E-state index in [2.05, 4.69) is 36.2 Å². The molecule has 2 aliphatic rings. The fourth-order valence-electron chi connectivity index (χ4n) is 4.93. The minimum Gasteiger partial charge on any atom is -0.346 e. The van der Waals surface area contributed by atoms with Gasteiger partial charge in [0.05, 0.1) is 17.9 Å². The summed E-state index contributed by atoms with van der Waals surface area (Å²) in [5.74, 6) is -0.207. The van der Waals surface area contributed by atoms with Gasteiger partial charge in [-0.3, -0.25) is 14.7 Å². The third-order valence-electron chi connectivity index (χ3n) is 6.64. The van der Waals surface area contributed by atoms with Crippen molar-refractivity contribution in [2.24, 2.45) is 4.99 Å². The standard InChI is InChI=1S/C27H26N6O/c34-27(24-6-4-5-20(31-24)17-33-11-2-1-3-12-33)32-25-14-18(13-19-15-28-16-23(19)25)21-7-9-29-26-22(21)8-10-30-26/h4-10,13-14,16H,1-3,11-12,15,17H2,(H,29,30)(H,32,34). The number of aliphatic imine (C=N–C) groups is 1. The zero-order valence-corrected chi connectivity index (χ0v) is 18.9. The van der Waals surface area contributed by atoms with Crippen LogP contribution in [0.3, 0.4) is 0 Å². The van der Waals surface area contributed by atoms with Crippen LogP contribution in [0.15, 0.2) is 59.9 Å². The van der Waals surface area contributed by atoms with Crippen molar-refractivity contribution >= 4 is 28.8 Å². The summed E-state index contributed by atoms with van der Waals surface area (Å²) < 4.78 is 0. The first-order chi connectivity index (χ1) is 16.7. The van der Waals surface area contributed by atoms with Crippen LogP contribution in [0.4, 0.5) is 5.69 Å². The Morgan fingerprint density at radius 2 is 2.00 bits per heavy atom. The summed E-state index contributed by atoms with van der Waals surface area (Å²) in [5.41, 5.74) is 7.11. The lowest BCUT2D eigenvalue weighted by molar-refractivity contribution is 0.102. The Balaban J connectivity index is 1.30. The van der Waals surface area contributed by atoms with Crippen LogP contribution in [0.25, 0.3) is 22.2 Å². The SMILES string of the molecule is O=C(Nc1cc(-c2ccnc3[nH]ccc23)cc2c1C=NC2)c1cccc(CN2CCCCC2)n1. The number of hydrogen-bond donors (Lipinski definition) is 2. The number of nitrogens with zero attached hydrogens (tertiary/aromatic N) is 4. The first-order valence-corrected chi connectivity index (χ1v) is 11.8. The number of aromatic nitrogens is 3. The molecule has 1 saturated heterocycles. The number of amides is 1. The predicted octanol–water partition coefficient (Wildman–Crippen LogP) is 4.80. The number of pyridine rings is 2.